The van der Waals surface area contributed by atoms with Gasteiger partial charge in [-0.3, -0.25) is 15.1 Å². The van der Waals surface area contributed by atoms with Gasteiger partial charge in [-0.15, -0.1) is 11.8 Å². The average Bonchev–Trinajstić information content (AvgIpc) is 2.28. The summed E-state index contributed by atoms with van der Waals surface area (Å²) in [6.45, 7) is 2.25. The highest BCUT2D eigenvalue weighted by molar-refractivity contribution is 8.00. The van der Waals surface area contributed by atoms with Crippen molar-refractivity contribution in [2.24, 2.45) is 0 Å². The van der Waals surface area contributed by atoms with E-state index in [1.54, 1.807) is 19.2 Å². The number of thioether (sulfide) groups is 1. The molecular formula is C10H14N4O2S. The van der Waals surface area contributed by atoms with E-state index in [1.165, 1.54) is 18.0 Å². The first-order valence-electron chi connectivity index (χ1n) is 5.03. The van der Waals surface area contributed by atoms with Crippen LogP contribution in [0.25, 0.3) is 0 Å². The van der Waals surface area contributed by atoms with Gasteiger partial charge >= 0.3 is 6.03 Å². The summed E-state index contributed by atoms with van der Waals surface area (Å²) in [5, 5.41) is 4.68. The van der Waals surface area contributed by atoms with Crippen LogP contribution in [0.2, 0.25) is 0 Å². The third kappa shape index (κ3) is 4.73. The minimum Gasteiger partial charge on any atom is -0.397 e. The molecule has 1 aromatic rings. The SMILES string of the molecule is CCNC(=O)NC(=O)CSc1ccncc1N. The van der Waals surface area contributed by atoms with Crippen LogP contribution < -0.4 is 16.4 Å². The lowest BCUT2D eigenvalue weighted by Crippen LogP contribution is -2.40. The molecule has 0 spiro atoms. The molecule has 0 saturated carbocycles. The van der Waals surface area contributed by atoms with Gasteiger partial charge < -0.3 is 11.1 Å². The molecule has 0 aromatic carbocycles. The Labute approximate surface area is 103 Å². The zero-order chi connectivity index (χ0) is 12.7. The highest BCUT2D eigenvalue weighted by Gasteiger charge is 2.08. The predicted molar refractivity (Wildman–Crippen MR) is 66.6 cm³/mol. The maximum atomic E-state index is 11.4. The normalized spacial score (nSPS) is 9.71. The van der Waals surface area contributed by atoms with Crippen molar-refractivity contribution in [3.63, 3.8) is 0 Å². The first kappa shape index (κ1) is 13.3. The lowest BCUT2D eigenvalue weighted by molar-refractivity contribution is -0.117. The van der Waals surface area contributed by atoms with Gasteiger partial charge in [0.25, 0.3) is 0 Å². The summed E-state index contributed by atoms with van der Waals surface area (Å²) in [6, 6.07) is 1.24. The molecule has 0 aliphatic heterocycles. The number of hydrogen-bond donors (Lipinski definition) is 3. The molecule has 17 heavy (non-hydrogen) atoms. The van der Waals surface area contributed by atoms with Crippen molar-refractivity contribution in [2.75, 3.05) is 18.0 Å². The first-order valence-corrected chi connectivity index (χ1v) is 6.02. The summed E-state index contributed by atoms with van der Waals surface area (Å²) < 4.78 is 0. The molecule has 92 valence electrons. The number of anilines is 1. The number of nitrogens with zero attached hydrogens (tertiary/aromatic N) is 1. The van der Waals surface area contributed by atoms with Crippen LogP contribution in [0.15, 0.2) is 23.4 Å². The van der Waals surface area contributed by atoms with E-state index in [0.717, 1.165) is 4.90 Å². The van der Waals surface area contributed by atoms with Gasteiger partial charge in [0.1, 0.15) is 0 Å². The summed E-state index contributed by atoms with van der Waals surface area (Å²) in [6.07, 6.45) is 3.12. The van der Waals surface area contributed by atoms with E-state index >= 15 is 0 Å². The van der Waals surface area contributed by atoms with Crippen LogP contribution in [-0.4, -0.2) is 29.2 Å². The molecule has 0 aliphatic carbocycles. The molecule has 0 bridgehead atoms. The fourth-order valence-electron chi connectivity index (χ4n) is 1.04. The molecule has 0 fully saturated rings. The quantitative estimate of drug-likeness (QED) is 0.684. The van der Waals surface area contributed by atoms with Gasteiger partial charge in [-0.2, -0.15) is 0 Å². The number of pyridine rings is 1. The van der Waals surface area contributed by atoms with Crippen molar-refractivity contribution in [1.29, 1.82) is 0 Å². The lowest BCUT2D eigenvalue weighted by atomic mass is 10.4. The minimum atomic E-state index is -0.485. The van der Waals surface area contributed by atoms with Gasteiger partial charge in [-0.1, -0.05) is 0 Å². The van der Waals surface area contributed by atoms with E-state index in [4.69, 9.17) is 5.73 Å². The van der Waals surface area contributed by atoms with E-state index in [1.807, 2.05) is 0 Å². The molecule has 4 N–H and O–H groups in total. The molecule has 6 nitrogen and oxygen atoms in total. The second-order valence-corrected chi connectivity index (χ2v) is 4.13. The number of carbonyl (C=O) groups is 2. The third-order valence-corrected chi connectivity index (χ3v) is 2.85. The molecule has 0 aliphatic rings. The molecular weight excluding hydrogens is 240 g/mol. The number of imide groups is 1. The Morgan fingerprint density at radius 3 is 2.94 bits per heavy atom. The van der Waals surface area contributed by atoms with Gasteiger partial charge in [-0.25, -0.2) is 4.79 Å². The largest absolute Gasteiger partial charge is 0.397 e. The molecule has 0 radical (unpaired) electrons. The molecule has 7 heteroatoms. The maximum Gasteiger partial charge on any atom is 0.321 e. The van der Waals surface area contributed by atoms with Crippen molar-refractivity contribution in [1.82, 2.24) is 15.6 Å². The van der Waals surface area contributed by atoms with Crippen molar-refractivity contribution < 1.29 is 9.59 Å². The molecule has 0 unspecified atom stereocenters. The summed E-state index contributed by atoms with van der Waals surface area (Å²) in [7, 11) is 0. The Morgan fingerprint density at radius 2 is 2.29 bits per heavy atom. The topological polar surface area (TPSA) is 97.1 Å². The number of nitrogens with one attached hydrogen (secondary N) is 2. The zero-order valence-electron chi connectivity index (χ0n) is 9.40. The lowest BCUT2D eigenvalue weighted by Gasteiger charge is -2.05. The van der Waals surface area contributed by atoms with Crippen molar-refractivity contribution in [3.8, 4) is 0 Å². The van der Waals surface area contributed by atoms with Gasteiger partial charge in [-0.05, 0) is 13.0 Å². The number of carbonyl (C=O) groups excluding carboxylic acids is 2. The molecule has 3 amide bonds. The molecule has 1 heterocycles. The molecule has 1 rings (SSSR count). The predicted octanol–water partition coefficient (Wildman–Crippen LogP) is 0.602. The third-order valence-electron chi connectivity index (χ3n) is 1.76. The zero-order valence-corrected chi connectivity index (χ0v) is 10.2. The number of rotatable bonds is 4. The Kier molecular flexibility index (Phi) is 5.28. The Bertz CT molecular complexity index is 411. The van der Waals surface area contributed by atoms with E-state index < -0.39 is 6.03 Å². The van der Waals surface area contributed by atoms with Crippen LogP contribution in [0, 0.1) is 0 Å². The second-order valence-electron chi connectivity index (χ2n) is 3.11. The van der Waals surface area contributed by atoms with E-state index in [0.29, 0.717) is 12.2 Å². The van der Waals surface area contributed by atoms with Crippen molar-refractivity contribution in [2.45, 2.75) is 11.8 Å². The second kappa shape index (κ2) is 6.74. The van der Waals surface area contributed by atoms with Gasteiger partial charge in [0.15, 0.2) is 0 Å². The van der Waals surface area contributed by atoms with E-state index in [-0.39, 0.29) is 11.7 Å². The van der Waals surface area contributed by atoms with Gasteiger partial charge in [0.05, 0.1) is 17.6 Å². The Hall–Kier alpha value is -1.76. The molecule has 0 saturated heterocycles. The minimum absolute atomic E-state index is 0.130. The van der Waals surface area contributed by atoms with Crippen LogP contribution in [0.5, 0.6) is 0 Å². The Morgan fingerprint density at radius 1 is 1.53 bits per heavy atom. The number of nitrogen functional groups attached to an aromatic ring is 1. The van der Waals surface area contributed by atoms with Crippen molar-refractivity contribution >= 4 is 29.4 Å². The summed E-state index contributed by atoms with van der Waals surface area (Å²) in [4.78, 5) is 27.0. The van der Waals surface area contributed by atoms with Crippen LogP contribution >= 0.6 is 11.8 Å². The number of nitrogens with two attached hydrogens (primary N) is 1. The van der Waals surface area contributed by atoms with Gasteiger partial charge in [0.2, 0.25) is 5.91 Å². The number of hydrogen-bond acceptors (Lipinski definition) is 5. The van der Waals surface area contributed by atoms with Crippen molar-refractivity contribution in [3.05, 3.63) is 18.5 Å². The average molecular weight is 254 g/mol. The van der Waals surface area contributed by atoms with Crippen LogP contribution in [0.3, 0.4) is 0 Å². The summed E-state index contributed by atoms with van der Waals surface area (Å²) in [5.41, 5.74) is 6.18. The van der Waals surface area contributed by atoms with E-state index in [2.05, 4.69) is 15.6 Å². The number of aromatic nitrogens is 1. The van der Waals surface area contributed by atoms with E-state index in [9.17, 15) is 9.59 Å². The number of amides is 3. The summed E-state index contributed by atoms with van der Waals surface area (Å²) >= 11 is 1.26. The molecule has 1 aromatic heterocycles. The number of urea groups is 1. The highest BCUT2D eigenvalue weighted by Crippen LogP contribution is 2.22. The summed E-state index contributed by atoms with van der Waals surface area (Å²) in [5.74, 6) is -0.233. The van der Waals surface area contributed by atoms with Crippen LogP contribution in [0.4, 0.5) is 10.5 Å². The molecule has 0 atom stereocenters. The first-order chi connectivity index (χ1) is 8.13. The van der Waals surface area contributed by atoms with Gasteiger partial charge in [0, 0.05) is 17.6 Å². The standard InChI is InChI=1S/C10H14N4O2S/c1-2-13-10(16)14-9(15)6-17-8-3-4-12-5-7(8)11/h3-5H,2,6,11H2,1H3,(H2,13,14,15,16). The van der Waals surface area contributed by atoms with Crippen LogP contribution in [-0.2, 0) is 4.79 Å². The Balaban J connectivity index is 2.38. The fourth-order valence-corrected chi connectivity index (χ4v) is 1.77. The highest BCUT2D eigenvalue weighted by atomic mass is 32.2. The smallest absolute Gasteiger partial charge is 0.321 e. The maximum absolute atomic E-state index is 11.4. The van der Waals surface area contributed by atoms with Crippen LogP contribution in [0.1, 0.15) is 6.92 Å². The fraction of sp³-hybridized carbons (Fsp3) is 0.300. The monoisotopic (exact) mass is 254 g/mol.